The van der Waals surface area contributed by atoms with Crippen molar-refractivity contribution in [2.24, 2.45) is 5.92 Å². The average Bonchev–Trinajstić information content (AvgIpc) is 2.34. The molecule has 0 aliphatic rings. The maximum Gasteiger partial charge on any atom is 0.269 e. The molecule has 1 atom stereocenters. The average molecular weight is 237 g/mol. The van der Waals surface area contributed by atoms with E-state index in [2.05, 4.69) is 10.3 Å². The molecule has 1 aromatic rings. The van der Waals surface area contributed by atoms with E-state index < -0.39 is 0 Å². The monoisotopic (exact) mass is 237 g/mol. The molecule has 1 rings (SSSR count). The van der Waals surface area contributed by atoms with Crippen molar-refractivity contribution in [3.05, 3.63) is 24.0 Å². The van der Waals surface area contributed by atoms with Crippen LogP contribution in [0.2, 0.25) is 0 Å². The van der Waals surface area contributed by atoms with E-state index in [-0.39, 0.29) is 18.4 Å². The topological polar surface area (TPSA) is 88.2 Å². The third-order valence-corrected chi connectivity index (χ3v) is 2.49. The van der Waals surface area contributed by atoms with Crippen LogP contribution in [-0.4, -0.2) is 29.1 Å². The van der Waals surface area contributed by atoms with Gasteiger partial charge in [0, 0.05) is 13.2 Å². The highest BCUT2D eigenvalue weighted by atomic mass is 16.3. The van der Waals surface area contributed by atoms with Crippen molar-refractivity contribution >= 4 is 11.6 Å². The van der Waals surface area contributed by atoms with E-state index in [0.717, 1.165) is 12.8 Å². The molecule has 17 heavy (non-hydrogen) atoms. The van der Waals surface area contributed by atoms with Crippen molar-refractivity contribution < 1.29 is 9.90 Å². The van der Waals surface area contributed by atoms with Crippen LogP contribution in [0.3, 0.4) is 0 Å². The lowest BCUT2D eigenvalue weighted by molar-refractivity contribution is 0.0947. The van der Waals surface area contributed by atoms with Crippen molar-refractivity contribution in [2.45, 2.75) is 19.8 Å². The molecule has 94 valence electrons. The number of nitrogens with two attached hydrogens (primary N) is 1. The Hall–Kier alpha value is -1.62. The lowest BCUT2D eigenvalue weighted by Gasteiger charge is -2.08. The first kappa shape index (κ1) is 13.4. The zero-order chi connectivity index (χ0) is 12.7. The number of pyridine rings is 1. The number of nitrogens with zero attached hydrogens (tertiary/aromatic N) is 1. The molecule has 1 aromatic heterocycles. The lowest BCUT2D eigenvalue weighted by atomic mass is 10.1. The molecule has 0 aromatic carbocycles. The molecule has 0 saturated carbocycles. The Kier molecular flexibility index (Phi) is 5.42. The number of hydrogen-bond donors (Lipinski definition) is 3. The van der Waals surface area contributed by atoms with Gasteiger partial charge in [-0.15, -0.1) is 0 Å². The molecule has 0 saturated heterocycles. The van der Waals surface area contributed by atoms with Crippen LogP contribution in [0.15, 0.2) is 18.3 Å². The van der Waals surface area contributed by atoms with Crippen molar-refractivity contribution in [2.75, 3.05) is 18.9 Å². The van der Waals surface area contributed by atoms with Gasteiger partial charge in [0.1, 0.15) is 5.69 Å². The van der Waals surface area contributed by atoms with Gasteiger partial charge in [0.15, 0.2) is 0 Å². The third kappa shape index (κ3) is 4.82. The minimum atomic E-state index is -0.193. The number of hydrogen-bond acceptors (Lipinski definition) is 4. The Morgan fingerprint density at radius 3 is 2.94 bits per heavy atom. The Labute approximate surface area is 101 Å². The van der Waals surface area contributed by atoms with Gasteiger partial charge >= 0.3 is 0 Å². The van der Waals surface area contributed by atoms with Crippen LogP contribution in [-0.2, 0) is 0 Å². The van der Waals surface area contributed by atoms with E-state index in [0.29, 0.717) is 17.9 Å². The summed E-state index contributed by atoms with van der Waals surface area (Å²) in [6.45, 7) is 2.76. The zero-order valence-corrected chi connectivity index (χ0v) is 10.0. The van der Waals surface area contributed by atoms with Gasteiger partial charge in [-0.1, -0.05) is 6.92 Å². The molecule has 1 heterocycles. The number of rotatable bonds is 6. The van der Waals surface area contributed by atoms with Gasteiger partial charge < -0.3 is 16.2 Å². The van der Waals surface area contributed by atoms with Crippen LogP contribution in [0.25, 0.3) is 0 Å². The number of amides is 1. The second-order valence-electron chi connectivity index (χ2n) is 4.16. The van der Waals surface area contributed by atoms with E-state index in [1.54, 1.807) is 12.1 Å². The van der Waals surface area contributed by atoms with Gasteiger partial charge in [-0.2, -0.15) is 0 Å². The highest BCUT2D eigenvalue weighted by molar-refractivity contribution is 5.92. The van der Waals surface area contributed by atoms with E-state index in [1.807, 2.05) is 6.92 Å². The fourth-order valence-corrected chi connectivity index (χ4v) is 1.37. The third-order valence-electron chi connectivity index (χ3n) is 2.49. The predicted octanol–water partition coefficient (Wildman–Crippen LogP) is 0.802. The number of aromatic nitrogens is 1. The van der Waals surface area contributed by atoms with Crippen LogP contribution in [0, 0.1) is 5.92 Å². The summed E-state index contributed by atoms with van der Waals surface area (Å²) in [5.41, 5.74) is 6.39. The Balaban J connectivity index is 2.28. The number of carbonyl (C=O) groups is 1. The first-order chi connectivity index (χ1) is 8.13. The smallest absolute Gasteiger partial charge is 0.269 e. The number of anilines is 1. The summed E-state index contributed by atoms with van der Waals surface area (Å²) >= 11 is 0. The van der Waals surface area contributed by atoms with Gasteiger partial charge in [0.2, 0.25) is 0 Å². The van der Waals surface area contributed by atoms with Crippen molar-refractivity contribution in [3.63, 3.8) is 0 Å². The second kappa shape index (κ2) is 6.85. The van der Waals surface area contributed by atoms with Gasteiger partial charge in [0.05, 0.1) is 11.9 Å². The molecular formula is C12H19N3O2. The van der Waals surface area contributed by atoms with Crippen LogP contribution >= 0.6 is 0 Å². The fourth-order valence-electron chi connectivity index (χ4n) is 1.37. The maximum absolute atomic E-state index is 11.6. The molecule has 1 amide bonds. The molecule has 0 bridgehead atoms. The van der Waals surface area contributed by atoms with E-state index in [9.17, 15) is 4.79 Å². The fraction of sp³-hybridized carbons (Fsp3) is 0.500. The Morgan fingerprint density at radius 2 is 2.35 bits per heavy atom. The first-order valence-corrected chi connectivity index (χ1v) is 5.74. The van der Waals surface area contributed by atoms with E-state index in [1.165, 1.54) is 6.20 Å². The number of aliphatic hydroxyl groups is 1. The standard InChI is InChI=1S/C12H19N3O2/c1-9(8-16)3-2-6-14-12(17)11-5-4-10(13)7-15-11/h4-5,7,9,16H,2-3,6,8,13H2,1H3,(H,14,17). The molecule has 0 fully saturated rings. The minimum absolute atomic E-state index is 0.188. The quantitative estimate of drug-likeness (QED) is 0.639. The summed E-state index contributed by atoms with van der Waals surface area (Å²) in [5.74, 6) is 0.0863. The van der Waals surface area contributed by atoms with Crippen molar-refractivity contribution in [1.82, 2.24) is 10.3 Å². The Bertz CT molecular complexity index is 351. The summed E-state index contributed by atoms with van der Waals surface area (Å²) in [6, 6.07) is 3.25. The van der Waals surface area contributed by atoms with Gasteiger partial charge in [-0.3, -0.25) is 4.79 Å². The molecule has 0 radical (unpaired) electrons. The van der Waals surface area contributed by atoms with Crippen molar-refractivity contribution in [1.29, 1.82) is 0 Å². The lowest BCUT2D eigenvalue weighted by Crippen LogP contribution is -2.25. The summed E-state index contributed by atoms with van der Waals surface area (Å²) < 4.78 is 0. The zero-order valence-electron chi connectivity index (χ0n) is 10.0. The number of nitrogen functional groups attached to an aromatic ring is 1. The van der Waals surface area contributed by atoms with E-state index >= 15 is 0 Å². The maximum atomic E-state index is 11.6. The minimum Gasteiger partial charge on any atom is -0.397 e. The van der Waals surface area contributed by atoms with Crippen LogP contribution < -0.4 is 11.1 Å². The van der Waals surface area contributed by atoms with Crippen LogP contribution in [0.4, 0.5) is 5.69 Å². The molecule has 0 aliphatic heterocycles. The molecule has 0 spiro atoms. The van der Waals surface area contributed by atoms with Gasteiger partial charge in [0.25, 0.3) is 5.91 Å². The van der Waals surface area contributed by atoms with Crippen LogP contribution in [0.1, 0.15) is 30.3 Å². The highest BCUT2D eigenvalue weighted by Crippen LogP contribution is 2.03. The van der Waals surface area contributed by atoms with Crippen molar-refractivity contribution in [3.8, 4) is 0 Å². The molecule has 4 N–H and O–H groups in total. The summed E-state index contributed by atoms with van der Waals surface area (Å²) in [5, 5.41) is 11.6. The molecular weight excluding hydrogens is 218 g/mol. The highest BCUT2D eigenvalue weighted by Gasteiger charge is 2.06. The van der Waals surface area contributed by atoms with Crippen LogP contribution in [0.5, 0.6) is 0 Å². The number of aliphatic hydroxyl groups excluding tert-OH is 1. The first-order valence-electron chi connectivity index (χ1n) is 5.74. The number of nitrogens with one attached hydrogen (secondary N) is 1. The normalized spacial score (nSPS) is 12.1. The van der Waals surface area contributed by atoms with E-state index in [4.69, 9.17) is 10.8 Å². The Morgan fingerprint density at radius 1 is 1.59 bits per heavy atom. The van der Waals surface area contributed by atoms with Gasteiger partial charge in [-0.25, -0.2) is 4.98 Å². The second-order valence-corrected chi connectivity index (χ2v) is 4.16. The largest absolute Gasteiger partial charge is 0.397 e. The molecule has 1 unspecified atom stereocenters. The molecule has 5 heteroatoms. The van der Waals surface area contributed by atoms with Gasteiger partial charge in [-0.05, 0) is 30.9 Å². The molecule has 5 nitrogen and oxygen atoms in total. The number of carbonyl (C=O) groups excluding carboxylic acids is 1. The predicted molar refractivity (Wildman–Crippen MR) is 66.5 cm³/mol. The summed E-state index contributed by atoms with van der Waals surface area (Å²) in [6.07, 6.45) is 3.21. The SMILES string of the molecule is CC(CO)CCCNC(=O)c1ccc(N)cn1. The summed E-state index contributed by atoms with van der Waals surface area (Å²) in [7, 11) is 0. The summed E-state index contributed by atoms with van der Waals surface area (Å²) in [4.78, 5) is 15.5. The molecule has 0 aliphatic carbocycles.